The molecule has 0 atom stereocenters. The Morgan fingerprint density at radius 2 is 0.719 bits per heavy atom. The molecule has 0 unspecified atom stereocenters. The Morgan fingerprint density at radius 3 is 1.33 bits per heavy atom. The third kappa shape index (κ3) is 4.56. The highest BCUT2D eigenvalue weighted by Crippen LogP contribution is 2.56. The normalized spacial score (nSPS) is 13.2. The van der Waals surface area contributed by atoms with Crippen LogP contribution >= 0.6 is 0 Å². The minimum absolute atomic E-state index is 0.137. The average molecular weight is 723 g/mol. The minimum Gasteiger partial charge on any atom is -0.0616 e. The first-order valence-electron chi connectivity index (χ1n) is 20.1. The van der Waals surface area contributed by atoms with Gasteiger partial charge in [0, 0.05) is 5.41 Å². The van der Waals surface area contributed by atoms with Crippen molar-refractivity contribution in [3.8, 4) is 44.5 Å². The van der Waals surface area contributed by atoms with Crippen molar-refractivity contribution in [2.75, 3.05) is 0 Å². The lowest BCUT2D eigenvalue weighted by atomic mass is 9.79. The summed E-state index contributed by atoms with van der Waals surface area (Å²) in [5.74, 6) is 0. The number of benzene rings is 11. The van der Waals surface area contributed by atoms with Crippen molar-refractivity contribution in [1.29, 1.82) is 0 Å². The maximum Gasteiger partial charge on any atom is 0.0165 e. The third-order valence-corrected chi connectivity index (χ3v) is 13.0. The number of hydrogen-bond donors (Lipinski definition) is 0. The topological polar surface area (TPSA) is 0 Å². The quantitative estimate of drug-likeness (QED) is 0.126. The summed E-state index contributed by atoms with van der Waals surface area (Å²) in [4.78, 5) is 0. The fourth-order valence-electron chi connectivity index (χ4n) is 10.5. The molecule has 11 aromatic rings. The zero-order valence-corrected chi connectivity index (χ0v) is 32.0. The predicted octanol–water partition coefficient (Wildman–Crippen LogP) is 15.9. The van der Waals surface area contributed by atoms with Crippen molar-refractivity contribution in [1.82, 2.24) is 0 Å². The van der Waals surface area contributed by atoms with Gasteiger partial charge in [0.2, 0.25) is 0 Å². The summed E-state index contributed by atoms with van der Waals surface area (Å²) in [5, 5.41) is 15.5. The smallest absolute Gasteiger partial charge is 0.0165 e. The molecule has 1 aliphatic rings. The second-order valence-electron chi connectivity index (χ2n) is 16.3. The molecule has 0 radical (unpaired) electrons. The maximum absolute atomic E-state index is 2.50. The Balaban J connectivity index is 1.11. The van der Waals surface area contributed by atoms with Gasteiger partial charge in [0.25, 0.3) is 0 Å². The van der Waals surface area contributed by atoms with Crippen LogP contribution in [-0.2, 0) is 5.41 Å². The monoisotopic (exact) mass is 722 g/mol. The van der Waals surface area contributed by atoms with Gasteiger partial charge in [-0.3, -0.25) is 0 Å². The molecule has 0 bridgehead atoms. The van der Waals surface area contributed by atoms with Crippen molar-refractivity contribution in [3.63, 3.8) is 0 Å². The molecular weight excluding hydrogens is 685 g/mol. The molecule has 0 saturated heterocycles. The van der Waals surface area contributed by atoms with Gasteiger partial charge in [-0.2, -0.15) is 0 Å². The van der Waals surface area contributed by atoms with Crippen molar-refractivity contribution >= 4 is 64.6 Å². The largest absolute Gasteiger partial charge is 0.0616 e. The van der Waals surface area contributed by atoms with E-state index in [1.807, 2.05) is 0 Å². The number of fused-ring (bicyclic) bond motifs is 13. The van der Waals surface area contributed by atoms with E-state index in [4.69, 9.17) is 0 Å². The number of rotatable bonds is 3. The van der Waals surface area contributed by atoms with E-state index < -0.39 is 0 Å². The van der Waals surface area contributed by atoms with Crippen LogP contribution < -0.4 is 0 Å². The van der Waals surface area contributed by atoms with E-state index in [1.165, 1.54) is 120 Å². The lowest BCUT2D eigenvalue weighted by Crippen LogP contribution is -2.15. The van der Waals surface area contributed by atoms with Gasteiger partial charge in [-0.25, -0.2) is 0 Å². The molecule has 0 nitrogen and oxygen atoms in total. The van der Waals surface area contributed by atoms with Gasteiger partial charge < -0.3 is 0 Å². The van der Waals surface area contributed by atoms with Crippen molar-refractivity contribution < 1.29 is 0 Å². The lowest BCUT2D eigenvalue weighted by molar-refractivity contribution is 0.666. The van der Waals surface area contributed by atoms with Gasteiger partial charge in [-0.1, -0.05) is 190 Å². The number of hydrogen-bond acceptors (Lipinski definition) is 0. The highest BCUT2D eigenvalue weighted by atomic mass is 14.4. The van der Waals surface area contributed by atoms with Crippen LogP contribution in [0, 0.1) is 0 Å². The third-order valence-electron chi connectivity index (χ3n) is 13.0. The lowest BCUT2D eigenvalue weighted by Gasteiger charge is -2.24. The molecule has 0 heteroatoms. The molecule has 0 spiro atoms. The zero-order chi connectivity index (χ0) is 37.8. The Bertz CT molecular complexity index is 3430. The fourth-order valence-corrected chi connectivity index (χ4v) is 10.5. The molecule has 0 N–H and O–H groups in total. The van der Waals surface area contributed by atoms with E-state index in [1.54, 1.807) is 0 Å². The fraction of sp³-hybridized carbons (Fsp3) is 0.0526. The summed E-state index contributed by atoms with van der Waals surface area (Å²) in [7, 11) is 0. The van der Waals surface area contributed by atoms with Crippen LogP contribution in [0.5, 0.6) is 0 Å². The molecule has 0 aromatic heterocycles. The van der Waals surface area contributed by atoms with Gasteiger partial charge in [0.1, 0.15) is 0 Å². The molecule has 0 amide bonds. The summed E-state index contributed by atoms with van der Waals surface area (Å²) in [6.45, 7) is 4.82. The molecule has 0 fully saturated rings. The molecule has 1 aliphatic carbocycles. The Kier molecular flexibility index (Phi) is 6.78. The van der Waals surface area contributed by atoms with E-state index in [2.05, 4.69) is 208 Å². The summed E-state index contributed by atoms with van der Waals surface area (Å²) in [6.07, 6.45) is 0. The highest BCUT2D eigenvalue weighted by Gasteiger charge is 2.38. The zero-order valence-electron chi connectivity index (χ0n) is 32.0. The van der Waals surface area contributed by atoms with Gasteiger partial charge >= 0.3 is 0 Å². The second kappa shape index (κ2) is 12.0. The summed E-state index contributed by atoms with van der Waals surface area (Å²) < 4.78 is 0. The van der Waals surface area contributed by atoms with E-state index in [0.29, 0.717) is 0 Å². The van der Waals surface area contributed by atoms with Crippen LogP contribution in [0.2, 0.25) is 0 Å². The van der Waals surface area contributed by atoms with Gasteiger partial charge in [-0.05, 0) is 138 Å². The van der Waals surface area contributed by atoms with Crippen molar-refractivity contribution in [2.24, 2.45) is 0 Å². The van der Waals surface area contributed by atoms with Crippen LogP contribution in [0.3, 0.4) is 0 Å². The van der Waals surface area contributed by atoms with Crippen LogP contribution in [0.15, 0.2) is 194 Å². The second-order valence-corrected chi connectivity index (χ2v) is 16.3. The van der Waals surface area contributed by atoms with Gasteiger partial charge in [0.05, 0.1) is 0 Å². The summed E-state index contributed by atoms with van der Waals surface area (Å²) in [6, 6.07) is 72.6. The van der Waals surface area contributed by atoms with E-state index in [-0.39, 0.29) is 5.41 Å². The summed E-state index contributed by atoms with van der Waals surface area (Å²) >= 11 is 0. The highest BCUT2D eigenvalue weighted by molar-refractivity contribution is 6.23. The van der Waals surface area contributed by atoms with Crippen LogP contribution in [0.4, 0.5) is 0 Å². The molecular formula is C57H38. The van der Waals surface area contributed by atoms with E-state index in [0.717, 1.165) is 0 Å². The first kappa shape index (κ1) is 32.2. The van der Waals surface area contributed by atoms with Crippen LogP contribution in [-0.4, -0.2) is 0 Å². The SMILES string of the molecule is CC1(C)c2ccc(-c3c4ccccc4c(-c4cccc(-c5cc6ccccc6c6ccccc56)c4)c4ccccc34)cc2-c2c1c1ccccc1c1ccccc21. The molecule has 0 heterocycles. The molecule has 0 aliphatic heterocycles. The van der Waals surface area contributed by atoms with E-state index >= 15 is 0 Å². The van der Waals surface area contributed by atoms with Crippen molar-refractivity contribution in [3.05, 3.63) is 205 Å². The first-order chi connectivity index (χ1) is 28.1. The summed E-state index contributed by atoms with van der Waals surface area (Å²) in [5.41, 5.74) is 13.0. The van der Waals surface area contributed by atoms with Crippen molar-refractivity contribution in [2.45, 2.75) is 19.3 Å². The Labute approximate surface area is 332 Å². The molecule has 0 saturated carbocycles. The molecule has 12 rings (SSSR count). The first-order valence-corrected chi connectivity index (χ1v) is 20.1. The molecule has 11 aromatic carbocycles. The maximum atomic E-state index is 2.50. The average Bonchev–Trinajstić information content (AvgIpc) is 3.51. The van der Waals surface area contributed by atoms with Crippen LogP contribution in [0.1, 0.15) is 25.0 Å². The molecule has 57 heavy (non-hydrogen) atoms. The predicted molar refractivity (Wildman–Crippen MR) is 245 cm³/mol. The standard InChI is InChI=1S/C57H38/c1-57(2)52-31-30-38(34-51(52)55-44-24-9-7-21-41(44)42-22-8-14-29-49(42)56(55)57)54-47-27-12-10-25-45(47)53(46-26-11-13-28-48(46)54)37-18-15-17-35(32-37)50-33-36-16-3-4-19-39(36)40-20-5-6-23-43(40)50/h3-34H,1-2H3. The minimum atomic E-state index is -0.137. The molecule has 266 valence electrons. The van der Waals surface area contributed by atoms with Gasteiger partial charge in [0.15, 0.2) is 0 Å². The van der Waals surface area contributed by atoms with Gasteiger partial charge in [-0.15, -0.1) is 0 Å². The Morgan fingerprint density at radius 1 is 0.281 bits per heavy atom. The Hall–Kier alpha value is -7.02. The van der Waals surface area contributed by atoms with E-state index in [9.17, 15) is 0 Å². The van der Waals surface area contributed by atoms with Crippen LogP contribution in [0.25, 0.3) is 109 Å².